The van der Waals surface area contributed by atoms with Gasteiger partial charge in [0.2, 0.25) is 5.95 Å². The standard InChI is InChI=1S/C27H27N5O/c1-17(2)19(4)32-25(33)14-13-23-16-29-27(31-26(23)32)30-18(3)20-9-11-21(12-10-20)24-8-6-5-7-22(24)15-28/h5-14,16-19H,1-4H3,(H,29,30,31)/t18-,19-/m0/s1. The SMILES string of the molecule is CC(C)[C@H](C)n1c(=O)ccc2cnc(N[C@@H](C)c3ccc(-c4ccccc4C#N)cc3)nc21. The molecule has 0 fully saturated rings. The maximum absolute atomic E-state index is 12.6. The van der Waals surface area contributed by atoms with E-state index in [9.17, 15) is 10.1 Å². The van der Waals surface area contributed by atoms with Crippen molar-refractivity contribution in [3.8, 4) is 17.2 Å². The molecule has 0 spiro atoms. The Morgan fingerprint density at radius 3 is 2.39 bits per heavy atom. The van der Waals surface area contributed by atoms with E-state index in [1.165, 1.54) is 0 Å². The van der Waals surface area contributed by atoms with Gasteiger partial charge in [-0.2, -0.15) is 10.2 Å². The van der Waals surface area contributed by atoms with Gasteiger partial charge in [0.25, 0.3) is 5.56 Å². The Balaban J connectivity index is 1.61. The van der Waals surface area contributed by atoms with Crippen molar-refractivity contribution >= 4 is 17.0 Å². The van der Waals surface area contributed by atoms with E-state index in [1.54, 1.807) is 22.9 Å². The number of aromatic nitrogens is 3. The molecule has 4 aromatic rings. The van der Waals surface area contributed by atoms with Crippen molar-refractivity contribution in [1.82, 2.24) is 14.5 Å². The van der Waals surface area contributed by atoms with Crippen molar-refractivity contribution in [2.24, 2.45) is 5.92 Å². The van der Waals surface area contributed by atoms with Gasteiger partial charge in [0.1, 0.15) is 5.65 Å². The Labute approximate surface area is 193 Å². The van der Waals surface area contributed by atoms with Gasteiger partial charge in [-0.1, -0.05) is 56.3 Å². The number of nitrogens with zero attached hydrogens (tertiary/aromatic N) is 4. The highest BCUT2D eigenvalue weighted by atomic mass is 16.1. The zero-order valence-electron chi connectivity index (χ0n) is 19.3. The molecule has 0 aliphatic heterocycles. The van der Waals surface area contributed by atoms with E-state index in [-0.39, 0.29) is 17.6 Å². The van der Waals surface area contributed by atoms with Crippen LogP contribution in [0.4, 0.5) is 5.95 Å². The summed E-state index contributed by atoms with van der Waals surface area (Å²) in [5, 5.41) is 13.6. The Bertz CT molecular complexity index is 1380. The molecule has 4 rings (SSSR count). The maximum Gasteiger partial charge on any atom is 0.252 e. The van der Waals surface area contributed by atoms with Gasteiger partial charge in [0.05, 0.1) is 17.7 Å². The highest BCUT2D eigenvalue weighted by molar-refractivity contribution is 5.75. The minimum absolute atomic E-state index is 0.0187. The normalized spacial score (nSPS) is 13.0. The summed E-state index contributed by atoms with van der Waals surface area (Å²) in [6.45, 7) is 8.27. The Morgan fingerprint density at radius 2 is 1.70 bits per heavy atom. The number of anilines is 1. The average molecular weight is 438 g/mol. The van der Waals surface area contributed by atoms with Crippen LogP contribution < -0.4 is 10.9 Å². The van der Waals surface area contributed by atoms with Crippen LogP contribution in [0.3, 0.4) is 0 Å². The van der Waals surface area contributed by atoms with E-state index < -0.39 is 0 Å². The molecule has 33 heavy (non-hydrogen) atoms. The van der Waals surface area contributed by atoms with E-state index in [4.69, 9.17) is 4.98 Å². The van der Waals surface area contributed by atoms with Crippen LogP contribution >= 0.6 is 0 Å². The van der Waals surface area contributed by atoms with Crippen LogP contribution in [-0.4, -0.2) is 14.5 Å². The molecule has 6 heteroatoms. The zero-order valence-corrected chi connectivity index (χ0v) is 19.3. The largest absolute Gasteiger partial charge is 0.348 e. The third kappa shape index (κ3) is 4.49. The van der Waals surface area contributed by atoms with Gasteiger partial charge in [-0.3, -0.25) is 9.36 Å². The molecule has 0 aliphatic rings. The van der Waals surface area contributed by atoms with Gasteiger partial charge in [-0.05, 0) is 48.6 Å². The van der Waals surface area contributed by atoms with Crippen molar-refractivity contribution in [3.63, 3.8) is 0 Å². The summed E-state index contributed by atoms with van der Waals surface area (Å²) in [5.41, 5.74) is 4.21. The van der Waals surface area contributed by atoms with Gasteiger partial charge in [0, 0.05) is 23.7 Å². The lowest BCUT2D eigenvalue weighted by molar-refractivity contribution is 0.407. The summed E-state index contributed by atoms with van der Waals surface area (Å²) in [6.07, 6.45) is 1.75. The summed E-state index contributed by atoms with van der Waals surface area (Å²) in [7, 11) is 0. The fraction of sp³-hybridized carbons (Fsp3) is 0.259. The van der Waals surface area contributed by atoms with Crippen molar-refractivity contribution in [1.29, 1.82) is 5.26 Å². The average Bonchev–Trinajstić information content (AvgIpc) is 2.83. The summed E-state index contributed by atoms with van der Waals surface area (Å²) in [6, 6.07) is 21.3. The number of hydrogen-bond donors (Lipinski definition) is 1. The van der Waals surface area contributed by atoms with Crippen molar-refractivity contribution in [2.45, 2.75) is 39.8 Å². The molecule has 2 aromatic carbocycles. The first-order chi connectivity index (χ1) is 15.9. The lowest BCUT2D eigenvalue weighted by atomic mass is 9.98. The molecule has 0 radical (unpaired) electrons. The van der Waals surface area contributed by atoms with Crippen LogP contribution in [0.1, 0.15) is 50.9 Å². The second kappa shape index (κ2) is 9.25. The fourth-order valence-corrected chi connectivity index (χ4v) is 3.86. The van der Waals surface area contributed by atoms with E-state index in [0.717, 1.165) is 22.1 Å². The molecule has 2 aromatic heterocycles. The summed E-state index contributed by atoms with van der Waals surface area (Å²) < 4.78 is 1.75. The van der Waals surface area contributed by atoms with Crippen LogP contribution in [0, 0.1) is 17.2 Å². The lowest BCUT2D eigenvalue weighted by Crippen LogP contribution is -2.26. The molecule has 0 unspecified atom stereocenters. The Kier molecular flexibility index (Phi) is 6.23. The monoisotopic (exact) mass is 437 g/mol. The molecule has 2 atom stereocenters. The summed E-state index contributed by atoms with van der Waals surface area (Å²) >= 11 is 0. The smallest absolute Gasteiger partial charge is 0.252 e. The quantitative estimate of drug-likeness (QED) is 0.417. The Hall–Kier alpha value is -3.98. The van der Waals surface area contributed by atoms with Crippen LogP contribution in [0.25, 0.3) is 22.2 Å². The van der Waals surface area contributed by atoms with Crippen molar-refractivity contribution in [3.05, 3.63) is 88.3 Å². The second-order valence-corrected chi connectivity index (χ2v) is 8.64. The summed E-state index contributed by atoms with van der Waals surface area (Å²) in [5.74, 6) is 0.771. The van der Waals surface area contributed by atoms with Gasteiger partial charge >= 0.3 is 0 Å². The molecule has 166 valence electrons. The minimum atomic E-state index is -0.0605. The first-order valence-corrected chi connectivity index (χ1v) is 11.1. The molecular weight excluding hydrogens is 410 g/mol. The molecule has 6 nitrogen and oxygen atoms in total. The van der Waals surface area contributed by atoms with Gasteiger partial charge in [-0.25, -0.2) is 4.98 Å². The predicted molar refractivity (Wildman–Crippen MR) is 132 cm³/mol. The second-order valence-electron chi connectivity index (χ2n) is 8.64. The molecule has 1 N–H and O–H groups in total. The lowest BCUT2D eigenvalue weighted by Gasteiger charge is -2.21. The molecule has 0 bridgehead atoms. The van der Waals surface area contributed by atoms with Gasteiger partial charge < -0.3 is 5.32 Å². The highest BCUT2D eigenvalue weighted by Crippen LogP contribution is 2.26. The topological polar surface area (TPSA) is 83.6 Å². The summed E-state index contributed by atoms with van der Waals surface area (Å²) in [4.78, 5) is 21.7. The number of fused-ring (bicyclic) bond motifs is 1. The van der Waals surface area contributed by atoms with Crippen LogP contribution in [0.15, 0.2) is 71.7 Å². The number of hydrogen-bond acceptors (Lipinski definition) is 5. The Morgan fingerprint density at radius 1 is 0.970 bits per heavy atom. The van der Waals surface area contributed by atoms with E-state index in [1.807, 2.05) is 62.4 Å². The number of benzene rings is 2. The molecular formula is C27H27N5O. The van der Waals surface area contributed by atoms with Gasteiger partial charge in [-0.15, -0.1) is 0 Å². The van der Waals surface area contributed by atoms with Crippen molar-refractivity contribution in [2.75, 3.05) is 5.32 Å². The fourth-order valence-electron chi connectivity index (χ4n) is 3.86. The molecule has 0 amide bonds. The van der Waals surface area contributed by atoms with E-state index in [2.05, 4.69) is 30.2 Å². The minimum Gasteiger partial charge on any atom is -0.348 e. The number of pyridine rings is 1. The molecule has 0 saturated carbocycles. The number of rotatable bonds is 6. The number of nitriles is 1. The first-order valence-electron chi connectivity index (χ1n) is 11.1. The highest BCUT2D eigenvalue weighted by Gasteiger charge is 2.16. The zero-order chi connectivity index (χ0) is 23.5. The van der Waals surface area contributed by atoms with Gasteiger partial charge in [0.15, 0.2) is 0 Å². The van der Waals surface area contributed by atoms with Crippen molar-refractivity contribution < 1.29 is 0 Å². The maximum atomic E-state index is 12.6. The number of nitrogens with one attached hydrogen (secondary N) is 1. The molecule has 0 aliphatic carbocycles. The van der Waals surface area contributed by atoms with E-state index in [0.29, 0.717) is 23.1 Å². The van der Waals surface area contributed by atoms with Crippen LogP contribution in [0.2, 0.25) is 0 Å². The molecule has 0 saturated heterocycles. The van der Waals surface area contributed by atoms with E-state index >= 15 is 0 Å². The molecule has 2 heterocycles. The van der Waals surface area contributed by atoms with Crippen LogP contribution in [-0.2, 0) is 0 Å². The third-order valence-electron chi connectivity index (χ3n) is 6.15. The van der Waals surface area contributed by atoms with Crippen LogP contribution in [0.5, 0.6) is 0 Å². The first kappa shape index (κ1) is 22.2. The predicted octanol–water partition coefficient (Wildman–Crippen LogP) is 5.72. The third-order valence-corrected chi connectivity index (χ3v) is 6.15.